The SMILES string of the molecule is CN(C)C1CC(c2ccc(Cl)c(Cl)c2)c2ccc(F)cc21. The van der Waals surface area contributed by atoms with E-state index in [1.807, 2.05) is 38.4 Å². The van der Waals surface area contributed by atoms with Gasteiger partial charge in [-0.05, 0) is 61.5 Å². The number of hydrogen-bond acceptors (Lipinski definition) is 1. The molecule has 0 bridgehead atoms. The van der Waals surface area contributed by atoms with Crippen molar-refractivity contribution in [1.29, 1.82) is 0 Å². The molecule has 0 aliphatic heterocycles. The first-order chi connectivity index (χ1) is 9.97. The molecule has 0 saturated heterocycles. The van der Waals surface area contributed by atoms with Crippen LogP contribution in [0.3, 0.4) is 0 Å². The predicted molar refractivity (Wildman–Crippen MR) is 85.8 cm³/mol. The number of benzene rings is 2. The van der Waals surface area contributed by atoms with Crippen LogP contribution in [-0.2, 0) is 0 Å². The second-order valence-electron chi connectivity index (χ2n) is 5.71. The molecule has 2 atom stereocenters. The fraction of sp³-hybridized carbons (Fsp3) is 0.294. The minimum Gasteiger partial charge on any atom is -0.302 e. The third kappa shape index (κ3) is 2.68. The molecule has 0 radical (unpaired) electrons. The molecule has 1 aliphatic carbocycles. The molecular weight excluding hydrogens is 308 g/mol. The highest BCUT2D eigenvalue weighted by Crippen LogP contribution is 2.46. The van der Waals surface area contributed by atoms with E-state index in [1.54, 1.807) is 6.07 Å². The molecule has 3 rings (SSSR count). The lowest BCUT2D eigenvalue weighted by atomic mass is 9.93. The van der Waals surface area contributed by atoms with Crippen LogP contribution >= 0.6 is 23.2 Å². The molecule has 0 N–H and O–H groups in total. The average Bonchev–Trinajstić information content (AvgIpc) is 2.80. The summed E-state index contributed by atoms with van der Waals surface area (Å²) in [5, 5.41) is 1.12. The molecule has 1 nitrogen and oxygen atoms in total. The highest BCUT2D eigenvalue weighted by Gasteiger charge is 2.33. The molecule has 21 heavy (non-hydrogen) atoms. The number of halogens is 3. The number of hydrogen-bond donors (Lipinski definition) is 0. The van der Waals surface area contributed by atoms with Gasteiger partial charge in [0, 0.05) is 12.0 Å². The van der Waals surface area contributed by atoms with E-state index in [2.05, 4.69) is 4.90 Å². The van der Waals surface area contributed by atoms with Crippen LogP contribution in [0.15, 0.2) is 36.4 Å². The molecule has 4 heteroatoms. The summed E-state index contributed by atoms with van der Waals surface area (Å²) in [6.07, 6.45) is 0.920. The molecule has 2 aromatic rings. The van der Waals surface area contributed by atoms with Gasteiger partial charge in [0.1, 0.15) is 5.82 Å². The van der Waals surface area contributed by atoms with E-state index in [1.165, 1.54) is 11.6 Å². The Bertz CT molecular complexity index is 684. The quantitative estimate of drug-likeness (QED) is 0.727. The van der Waals surface area contributed by atoms with Crippen molar-refractivity contribution < 1.29 is 4.39 Å². The summed E-state index contributed by atoms with van der Waals surface area (Å²) in [5.74, 6) is 0.0400. The van der Waals surface area contributed by atoms with Crippen molar-refractivity contribution in [3.05, 3.63) is 69.0 Å². The van der Waals surface area contributed by atoms with E-state index in [0.717, 1.165) is 17.5 Å². The first-order valence-corrected chi connectivity index (χ1v) is 7.63. The van der Waals surface area contributed by atoms with Crippen LogP contribution in [0.4, 0.5) is 4.39 Å². The molecule has 0 aromatic heterocycles. The van der Waals surface area contributed by atoms with Gasteiger partial charge in [0.2, 0.25) is 0 Å². The largest absolute Gasteiger partial charge is 0.302 e. The molecule has 0 saturated carbocycles. The summed E-state index contributed by atoms with van der Waals surface area (Å²) in [5.41, 5.74) is 3.37. The van der Waals surface area contributed by atoms with Crippen LogP contribution in [0.2, 0.25) is 10.0 Å². The van der Waals surface area contributed by atoms with Crippen LogP contribution in [0.25, 0.3) is 0 Å². The fourth-order valence-electron chi connectivity index (χ4n) is 3.16. The van der Waals surface area contributed by atoms with Crippen molar-refractivity contribution in [3.63, 3.8) is 0 Å². The third-order valence-corrected chi connectivity index (χ3v) is 4.95. The van der Waals surface area contributed by atoms with Crippen molar-refractivity contribution in [3.8, 4) is 0 Å². The fourth-order valence-corrected chi connectivity index (χ4v) is 3.47. The summed E-state index contributed by atoms with van der Waals surface area (Å²) in [6, 6.07) is 11.0. The zero-order chi connectivity index (χ0) is 15.1. The van der Waals surface area contributed by atoms with Gasteiger partial charge in [0.15, 0.2) is 0 Å². The zero-order valence-corrected chi connectivity index (χ0v) is 13.4. The minimum atomic E-state index is -0.185. The number of rotatable bonds is 2. The third-order valence-electron chi connectivity index (χ3n) is 4.21. The lowest BCUT2D eigenvalue weighted by Crippen LogP contribution is -2.17. The van der Waals surface area contributed by atoms with Gasteiger partial charge < -0.3 is 4.90 Å². The van der Waals surface area contributed by atoms with Crippen LogP contribution in [0, 0.1) is 5.82 Å². The lowest BCUT2D eigenvalue weighted by Gasteiger charge is -2.20. The van der Waals surface area contributed by atoms with Gasteiger partial charge in [-0.2, -0.15) is 0 Å². The summed E-state index contributed by atoms with van der Waals surface area (Å²) < 4.78 is 13.6. The molecule has 0 heterocycles. The predicted octanol–water partition coefficient (Wildman–Crippen LogP) is 5.27. The Kier molecular flexibility index (Phi) is 3.96. The monoisotopic (exact) mass is 323 g/mol. The minimum absolute atomic E-state index is 0.185. The van der Waals surface area contributed by atoms with Gasteiger partial charge in [0.25, 0.3) is 0 Å². The lowest BCUT2D eigenvalue weighted by molar-refractivity contribution is 0.293. The Hall–Kier alpha value is -1.09. The second kappa shape index (κ2) is 5.60. The van der Waals surface area contributed by atoms with Crippen molar-refractivity contribution >= 4 is 23.2 Å². The van der Waals surface area contributed by atoms with Crippen LogP contribution in [-0.4, -0.2) is 19.0 Å². The maximum Gasteiger partial charge on any atom is 0.123 e. The Morgan fingerprint density at radius 3 is 2.43 bits per heavy atom. The first-order valence-electron chi connectivity index (χ1n) is 6.88. The first kappa shape index (κ1) is 14.8. The van der Waals surface area contributed by atoms with Gasteiger partial charge in [0.05, 0.1) is 10.0 Å². The molecule has 0 fully saturated rings. The summed E-state index contributed by atoms with van der Waals surface area (Å²) in [6.45, 7) is 0. The number of nitrogens with zero attached hydrogens (tertiary/aromatic N) is 1. The smallest absolute Gasteiger partial charge is 0.123 e. The van der Waals surface area contributed by atoms with Gasteiger partial charge in [-0.1, -0.05) is 35.3 Å². The molecule has 0 spiro atoms. The van der Waals surface area contributed by atoms with Crippen LogP contribution < -0.4 is 0 Å². The topological polar surface area (TPSA) is 3.24 Å². The second-order valence-corrected chi connectivity index (χ2v) is 6.53. The zero-order valence-electron chi connectivity index (χ0n) is 11.9. The highest BCUT2D eigenvalue weighted by molar-refractivity contribution is 6.42. The van der Waals surface area contributed by atoms with Gasteiger partial charge in [-0.3, -0.25) is 0 Å². The van der Waals surface area contributed by atoms with E-state index in [-0.39, 0.29) is 17.8 Å². The average molecular weight is 324 g/mol. The molecule has 110 valence electrons. The van der Waals surface area contributed by atoms with Crippen LogP contribution in [0.1, 0.15) is 35.1 Å². The van der Waals surface area contributed by atoms with Crippen molar-refractivity contribution in [2.75, 3.05) is 14.1 Å². The summed E-state index contributed by atoms with van der Waals surface area (Å²) >= 11 is 12.1. The molecule has 1 aliphatic rings. The Morgan fingerprint density at radius 2 is 1.76 bits per heavy atom. The van der Waals surface area contributed by atoms with E-state index >= 15 is 0 Å². The molecule has 2 aromatic carbocycles. The molecule has 2 unspecified atom stereocenters. The maximum absolute atomic E-state index is 13.6. The normalized spacial score (nSPS) is 20.9. The van der Waals surface area contributed by atoms with Crippen LogP contribution in [0.5, 0.6) is 0 Å². The van der Waals surface area contributed by atoms with E-state index in [0.29, 0.717) is 10.0 Å². The number of fused-ring (bicyclic) bond motifs is 1. The van der Waals surface area contributed by atoms with E-state index in [9.17, 15) is 4.39 Å². The van der Waals surface area contributed by atoms with Crippen molar-refractivity contribution in [2.45, 2.75) is 18.4 Å². The molecule has 0 amide bonds. The van der Waals surface area contributed by atoms with Crippen molar-refractivity contribution in [1.82, 2.24) is 4.90 Å². The Morgan fingerprint density at radius 1 is 1.00 bits per heavy atom. The molecular formula is C17H16Cl2FN. The van der Waals surface area contributed by atoms with Gasteiger partial charge >= 0.3 is 0 Å². The summed E-state index contributed by atoms with van der Waals surface area (Å²) in [4.78, 5) is 2.13. The maximum atomic E-state index is 13.6. The standard InChI is InChI=1S/C17H16Cl2FN/c1-21(2)17-9-13(10-3-6-15(18)16(19)7-10)12-5-4-11(20)8-14(12)17/h3-8,13,17H,9H2,1-2H3. The highest BCUT2D eigenvalue weighted by atomic mass is 35.5. The Labute approximate surface area is 134 Å². The van der Waals surface area contributed by atoms with Gasteiger partial charge in [-0.15, -0.1) is 0 Å². The van der Waals surface area contributed by atoms with E-state index < -0.39 is 0 Å². The van der Waals surface area contributed by atoms with Crippen molar-refractivity contribution in [2.24, 2.45) is 0 Å². The van der Waals surface area contributed by atoms with Gasteiger partial charge in [-0.25, -0.2) is 4.39 Å². The summed E-state index contributed by atoms with van der Waals surface area (Å²) in [7, 11) is 4.05. The van der Waals surface area contributed by atoms with E-state index in [4.69, 9.17) is 23.2 Å². The Balaban J connectivity index is 2.07.